The zero-order valence-electron chi connectivity index (χ0n) is 9.91. The van der Waals surface area contributed by atoms with Crippen molar-refractivity contribution in [2.75, 3.05) is 0 Å². The van der Waals surface area contributed by atoms with E-state index in [1.54, 1.807) is 36.4 Å². The molecular formula is C15H14O2S. The first-order valence-corrected chi connectivity index (χ1v) is 7.26. The Morgan fingerprint density at radius 2 is 1.39 bits per heavy atom. The Morgan fingerprint density at radius 1 is 0.889 bits per heavy atom. The van der Waals surface area contributed by atoms with Crippen LogP contribution in [0.1, 0.15) is 11.1 Å². The van der Waals surface area contributed by atoms with E-state index in [1.807, 2.05) is 24.3 Å². The van der Waals surface area contributed by atoms with Crippen LogP contribution in [0.5, 0.6) is 0 Å². The second-order valence-corrected chi connectivity index (χ2v) is 6.04. The van der Waals surface area contributed by atoms with Gasteiger partial charge in [0.2, 0.25) is 0 Å². The maximum absolute atomic E-state index is 12.2. The number of sulfone groups is 1. The summed E-state index contributed by atoms with van der Waals surface area (Å²) in [4.78, 5) is 0.173. The Kier molecular flexibility index (Phi) is 3.63. The van der Waals surface area contributed by atoms with Crippen LogP contribution < -0.4 is 0 Å². The highest BCUT2D eigenvalue weighted by atomic mass is 32.2. The average molecular weight is 258 g/mol. The van der Waals surface area contributed by atoms with E-state index in [-0.39, 0.29) is 10.7 Å². The molecule has 2 nitrogen and oxygen atoms in total. The van der Waals surface area contributed by atoms with Crippen molar-refractivity contribution in [3.05, 3.63) is 78.4 Å². The van der Waals surface area contributed by atoms with E-state index in [0.29, 0.717) is 5.56 Å². The van der Waals surface area contributed by atoms with Crippen LogP contribution in [0.3, 0.4) is 0 Å². The molecule has 2 aromatic rings. The topological polar surface area (TPSA) is 34.1 Å². The van der Waals surface area contributed by atoms with E-state index < -0.39 is 9.84 Å². The summed E-state index contributed by atoms with van der Waals surface area (Å²) < 4.78 is 24.4. The maximum Gasteiger partial charge on any atom is 0.182 e. The highest BCUT2D eigenvalue weighted by Gasteiger charge is 2.17. The molecule has 0 atom stereocenters. The molecule has 0 fully saturated rings. The van der Waals surface area contributed by atoms with Crippen molar-refractivity contribution in [1.29, 1.82) is 0 Å². The van der Waals surface area contributed by atoms with Crippen molar-refractivity contribution in [2.24, 2.45) is 0 Å². The highest BCUT2D eigenvalue weighted by Crippen LogP contribution is 2.22. The lowest BCUT2D eigenvalue weighted by Gasteiger charge is -2.07. The zero-order chi connectivity index (χ0) is 13.0. The highest BCUT2D eigenvalue weighted by molar-refractivity contribution is 7.99. The SMILES string of the molecule is C=C(c1ccccc1)S(=O)(=O)Cc1ccccc1. The van der Waals surface area contributed by atoms with Crippen LogP contribution in [0, 0.1) is 0 Å². The predicted octanol–water partition coefficient (Wildman–Crippen LogP) is 3.27. The largest absolute Gasteiger partial charge is 0.223 e. The molecule has 0 saturated carbocycles. The minimum atomic E-state index is -3.36. The summed E-state index contributed by atoms with van der Waals surface area (Å²) in [7, 11) is -3.36. The lowest BCUT2D eigenvalue weighted by Crippen LogP contribution is -2.05. The molecule has 0 aliphatic heterocycles. The third-order valence-electron chi connectivity index (χ3n) is 2.67. The molecule has 18 heavy (non-hydrogen) atoms. The van der Waals surface area contributed by atoms with Crippen molar-refractivity contribution >= 4 is 14.7 Å². The van der Waals surface area contributed by atoms with Gasteiger partial charge in [0.05, 0.1) is 10.7 Å². The van der Waals surface area contributed by atoms with Gasteiger partial charge in [-0.15, -0.1) is 0 Å². The van der Waals surface area contributed by atoms with Crippen LogP contribution in [0.25, 0.3) is 4.91 Å². The van der Waals surface area contributed by atoms with Crippen LogP contribution in [0.15, 0.2) is 67.2 Å². The predicted molar refractivity (Wildman–Crippen MR) is 74.5 cm³/mol. The Morgan fingerprint density at radius 3 is 1.94 bits per heavy atom. The molecule has 2 rings (SSSR count). The zero-order valence-corrected chi connectivity index (χ0v) is 10.7. The van der Waals surface area contributed by atoms with Gasteiger partial charge >= 0.3 is 0 Å². The third kappa shape index (κ3) is 2.87. The fraction of sp³-hybridized carbons (Fsp3) is 0.0667. The van der Waals surface area contributed by atoms with Gasteiger partial charge in [-0.1, -0.05) is 67.2 Å². The quantitative estimate of drug-likeness (QED) is 0.843. The first kappa shape index (κ1) is 12.6. The smallest absolute Gasteiger partial charge is 0.182 e. The second-order valence-electron chi connectivity index (χ2n) is 4.03. The van der Waals surface area contributed by atoms with Crippen molar-refractivity contribution in [3.63, 3.8) is 0 Å². The van der Waals surface area contributed by atoms with E-state index >= 15 is 0 Å². The lowest BCUT2D eigenvalue weighted by atomic mass is 10.2. The van der Waals surface area contributed by atoms with Crippen molar-refractivity contribution in [2.45, 2.75) is 5.75 Å². The van der Waals surface area contributed by atoms with Gasteiger partial charge < -0.3 is 0 Å². The second kappa shape index (κ2) is 5.19. The normalized spacial score (nSPS) is 11.1. The standard InChI is InChI=1S/C15H14O2S/c1-13(15-10-6-3-7-11-15)18(16,17)12-14-8-4-2-5-9-14/h2-11H,1,12H2. The fourth-order valence-electron chi connectivity index (χ4n) is 1.68. The molecule has 0 amide bonds. The van der Waals surface area contributed by atoms with Crippen LogP contribution in [-0.4, -0.2) is 8.42 Å². The molecule has 0 unspecified atom stereocenters. The van der Waals surface area contributed by atoms with E-state index in [0.717, 1.165) is 5.56 Å². The molecule has 0 saturated heterocycles. The number of hydrogen-bond donors (Lipinski definition) is 0. The number of rotatable bonds is 4. The molecule has 0 bridgehead atoms. The van der Waals surface area contributed by atoms with Gasteiger partial charge in [-0.3, -0.25) is 0 Å². The van der Waals surface area contributed by atoms with Gasteiger partial charge in [0, 0.05) is 0 Å². The van der Waals surface area contributed by atoms with Crippen molar-refractivity contribution in [1.82, 2.24) is 0 Å². The van der Waals surface area contributed by atoms with E-state index in [1.165, 1.54) is 0 Å². The molecule has 0 N–H and O–H groups in total. The Balaban J connectivity index is 2.25. The Bertz CT molecular complexity index is 629. The van der Waals surface area contributed by atoms with Gasteiger partial charge in [0.15, 0.2) is 9.84 Å². The molecular weight excluding hydrogens is 244 g/mol. The average Bonchev–Trinajstić information content (AvgIpc) is 2.39. The molecule has 0 aliphatic carbocycles. The molecule has 2 aromatic carbocycles. The number of benzene rings is 2. The van der Waals surface area contributed by atoms with Crippen molar-refractivity contribution < 1.29 is 8.42 Å². The van der Waals surface area contributed by atoms with Crippen LogP contribution >= 0.6 is 0 Å². The minimum absolute atomic E-state index is 0.0123. The first-order chi connectivity index (χ1) is 8.59. The molecule has 0 spiro atoms. The molecule has 0 radical (unpaired) electrons. The number of hydrogen-bond acceptors (Lipinski definition) is 2. The summed E-state index contributed by atoms with van der Waals surface area (Å²) in [6.07, 6.45) is 0. The first-order valence-electron chi connectivity index (χ1n) is 5.60. The van der Waals surface area contributed by atoms with Gasteiger partial charge in [0.1, 0.15) is 0 Å². The molecule has 0 aliphatic rings. The van der Waals surface area contributed by atoms with Gasteiger partial charge in [0.25, 0.3) is 0 Å². The summed E-state index contributed by atoms with van der Waals surface area (Å²) in [5, 5.41) is 0. The summed E-state index contributed by atoms with van der Waals surface area (Å²) >= 11 is 0. The van der Waals surface area contributed by atoms with Crippen molar-refractivity contribution in [3.8, 4) is 0 Å². The van der Waals surface area contributed by atoms with E-state index in [9.17, 15) is 8.42 Å². The fourth-order valence-corrected chi connectivity index (χ4v) is 2.99. The minimum Gasteiger partial charge on any atom is -0.223 e. The van der Waals surface area contributed by atoms with Gasteiger partial charge in [-0.05, 0) is 11.1 Å². The molecule has 3 heteroatoms. The summed E-state index contributed by atoms with van der Waals surface area (Å²) in [5.41, 5.74) is 1.42. The Hall–Kier alpha value is -1.87. The molecule has 92 valence electrons. The summed E-state index contributed by atoms with van der Waals surface area (Å²) in [6.45, 7) is 3.70. The monoisotopic (exact) mass is 258 g/mol. The maximum atomic E-state index is 12.2. The van der Waals surface area contributed by atoms with Crippen LogP contribution in [0.4, 0.5) is 0 Å². The third-order valence-corrected chi connectivity index (χ3v) is 4.37. The van der Waals surface area contributed by atoms with E-state index in [2.05, 4.69) is 6.58 Å². The van der Waals surface area contributed by atoms with Gasteiger partial charge in [-0.2, -0.15) is 0 Å². The molecule has 0 heterocycles. The molecule has 0 aromatic heterocycles. The van der Waals surface area contributed by atoms with Gasteiger partial charge in [-0.25, -0.2) is 8.42 Å². The lowest BCUT2D eigenvalue weighted by molar-refractivity contribution is 0.605. The van der Waals surface area contributed by atoms with E-state index in [4.69, 9.17) is 0 Å². The Labute approximate surface area is 108 Å². The summed E-state index contributed by atoms with van der Waals surface area (Å²) in [6, 6.07) is 18.1. The van der Waals surface area contributed by atoms with Crippen LogP contribution in [-0.2, 0) is 15.6 Å². The summed E-state index contributed by atoms with van der Waals surface area (Å²) in [5.74, 6) is -0.0123. The van der Waals surface area contributed by atoms with Crippen LogP contribution in [0.2, 0.25) is 0 Å².